The highest BCUT2D eigenvalue weighted by Gasteiger charge is 2.09. The van der Waals surface area contributed by atoms with Crippen molar-refractivity contribution in [3.63, 3.8) is 0 Å². The van der Waals surface area contributed by atoms with Crippen LogP contribution in [0.5, 0.6) is 0 Å². The lowest BCUT2D eigenvalue weighted by molar-refractivity contribution is 0.489. The maximum absolute atomic E-state index is 6.15. The van der Waals surface area contributed by atoms with Crippen molar-refractivity contribution in [1.82, 2.24) is 0 Å². The third-order valence-electron chi connectivity index (χ3n) is 3.27. The fourth-order valence-corrected chi connectivity index (χ4v) is 2.32. The number of allylic oxidation sites excluding steroid dienone is 1. The van der Waals surface area contributed by atoms with E-state index >= 15 is 0 Å². The molecule has 0 amide bonds. The molecule has 1 rings (SSSR count). The molecule has 0 saturated carbocycles. The predicted octanol–water partition coefficient (Wildman–Crippen LogP) is 4.03. The molecular weight excluding hydrogens is 182 g/mol. The molecule has 1 atom stereocenters. The molecular formula is C14H27N. The van der Waals surface area contributed by atoms with Crippen LogP contribution in [0.1, 0.15) is 65.2 Å². The van der Waals surface area contributed by atoms with Crippen molar-refractivity contribution in [1.29, 1.82) is 0 Å². The molecule has 1 heteroatoms. The summed E-state index contributed by atoms with van der Waals surface area (Å²) in [5, 5.41) is 0. The summed E-state index contributed by atoms with van der Waals surface area (Å²) in [6.45, 7) is 4.57. The molecule has 2 N–H and O–H groups in total. The first-order valence-corrected chi connectivity index (χ1v) is 6.62. The second-order valence-electron chi connectivity index (χ2n) is 5.40. The Morgan fingerprint density at radius 1 is 1.27 bits per heavy atom. The van der Waals surface area contributed by atoms with Gasteiger partial charge >= 0.3 is 0 Å². The molecule has 0 radical (unpaired) electrons. The minimum Gasteiger partial charge on any atom is -0.327 e. The van der Waals surface area contributed by atoms with Crippen LogP contribution in [0.15, 0.2) is 11.6 Å². The predicted molar refractivity (Wildman–Crippen MR) is 67.8 cm³/mol. The van der Waals surface area contributed by atoms with Gasteiger partial charge in [0.15, 0.2) is 0 Å². The van der Waals surface area contributed by atoms with E-state index in [9.17, 15) is 0 Å². The molecule has 88 valence electrons. The van der Waals surface area contributed by atoms with E-state index in [1.165, 1.54) is 44.9 Å². The van der Waals surface area contributed by atoms with Gasteiger partial charge in [0.2, 0.25) is 0 Å². The Bertz CT molecular complexity index is 194. The highest BCUT2D eigenvalue weighted by atomic mass is 14.6. The van der Waals surface area contributed by atoms with Gasteiger partial charge in [0.1, 0.15) is 0 Å². The van der Waals surface area contributed by atoms with Gasteiger partial charge in [0.05, 0.1) is 0 Å². The molecule has 0 saturated heterocycles. The number of hydrogen-bond donors (Lipinski definition) is 1. The third kappa shape index (κ3) is 5.99. The molecule has 0 aromatic carbocycles. The first-order valence-electron chi connectivity index (χ1n) is 6.62. The SMILES string of the molecule is CC(C)CCCC(N)CC1=CCCCC1. The quantitative estimate of drug-likeness (QED) is 0.657. The first-order chi connectivity index (χ1) is 7.18. The van der Waals surface area contributed by atoms with Crippen LogP contribution >= 0.6 is 0 Å². The lowest BCUT2D eigenvalue weighted by Gasteiger charge is -2.17. The second kappa shape index (κ2) is 7.05. The van der Waals surface area contributed by atoms with E-state index in [2.05, 4.69) is 19.9 Å². The molecule has 1 aliphatic carbocycles. The zero-order chi connectivity index (χ0) is 11.1. The summed E-state index contributed by atoms with van der Waals surface area (Å²) in [6, 6.07) is 0.410. The highest BCUT2D eigenvalue weighted by Crippen LogP contribution is 2.22. The summed E-state index contributed by atoms with van der Waals surface area (Å²) < 4.78 is 0. The van der Waals surface area contributed by atoms with Crippen LogP contribution in [0.3, 0.4) is 0 Å². The van der Waals surface area contributed by atoms with Crippen LogP contribution in [-0.4, -0.2) is 6.04 Å². The monoisotopic (exact) mass is 209 g/mol. The van der Waals surface area contributed by atoms with Crippen molar-refractivity contribution in [2.24, 2.45) is 11.7 Å². The van der Waals surface area contributed by atoms with Gasteiger partial charge < -0.3 is 5.73 Å². The van der Waals surface area contributed by atoms with Gasteiger partial charge in [-0.2, -0.15) is 0 Å². The van der Waals surface area contributed by atoms with E-state index in [1.54, 1.807) is 5.57 Å². The Balaban J connectivity index is 2.12. The van der Waals surface area contributed by atoms with Crippen LogP contribution < -0.4 is 5.73 Å². The third-order valence-corrected chi connectivity index (χ3v) is 3.27. The first kappa shape index (κ1) is 12.8. The Labute approximate surface area is 95.1 Å². The fourth-order valence-electron chi connectivity index (χ4n) is 2.32. The van der Waals surface area contributed by atoms with Crippen molar-refractivity contribution in [3.8, 4) is 0 Å². The molecule has 1 nitrogen and oxygen atoms in total. The molecule has 0 fully saturated rings. The smallest absolute Gasteiger partial charge is 0.00760 e. The van der Waals surface area contributed by atoms with Crippen molar-refractivity contribution < 1.29 is 0 Å². The normalized spacial score (nSPS) is 19.1. The fraction of sp³-hybridized carbons (Fsp3) is 0.857. The second-order valence-corrected chi connectivity index (χ2v) is 5.40. The van der Waals surface area contributed by atoms with E-state index in [0.29, 0.717) is 6.04 Å². The van der Waals surface area contributed by atoms with Crippen molar-refractivity contribution in [2.75, 3.05) is 0 Å². The van der Waals surface area contributed by atoms with Gasteiger partial charge in [-0.05, 0) is 44.4 Å². The molecule has 15 heavy (non-hydrogen) atoms. The van der Waals surface area contributed by atoms with Crippen molar-refractivity contribution >= 4 is 0 Å². The average molecular weight is 209 g/mol. The minimum absolute atomic E-state index is 0.410. The van der Waals surface area contributed by atoms with Crippen molar-refractivity contribution in [2.45, 2.75) is 71.3 Å². The van der Waals surface area contributed by atoms with Gasteiger partial charge in [-0.25, -0.2) is 0 Å². The van der Waals surface area contributed by atoms with Crippen LogP contribution in [-0.2, 0) is 0 Å². The maximum Gasteiger partial charge on any atom is 0.00760 e. The average Bonchev–Trinajstić information content (AvgIpc) is 2.18. The Hall–Kier alpha value is -0.300. The zero-order valence-electron chi connectivity index (χ0n) is 10.5. The van der Waals surface area contributed by atoms with Crippen LogP contribution in [0.25, 0.3) is 0 Å². The molecule has 0 aliphatic heterocycles. The largest absolute Gasteiger partial charge is 0.327 e. The molecule has 0 bridgehead atoms. The molecule has 0 spiro atoms. The Morgan fingerprint density at radius 3 is 2.67 bits per heavy atom. The summed E-state index contributed by atoms with van der Waals surface area (Å²) >= 11 is 0. The highest BCUT2D eigenvalue weighted by molar-refractivity contribution is 5.06. The topological polar surface area (TPSA) is 26.0 Å². The summed E-state index contributed by atoms with van der Waals surface area (Å²) in [4.78, 5) is 0. The maximum atomic E-state index is 6.15. The van der Waals surface area contributed by atoms with Gasteiger partial charge in [0.25, 0.3) is 0 Å². The summed E-state index contributed by atoms with van der Waals surface area (Å²) in [6.07, 6.45) is 12.8. The molecule has 1 unspecified atom stereocenters. The van der Waals surface area contributed by atoms with Crippen molar-refractivity contribution in [3.05, 3.63) is 11.6 Å². The number of hydrogen-bond acceptors (Lipinski definition) is 1. The summed E-state index contributed by atoms with van der Waals surface area (Å²) in [7, 11) is 0. The summed E-state index contributed by atoms with van der Waals surface area (Å²) in [5.41, 5.74) is 7.77. The minimum atomic E-state index is 0.410. The van der Waals surface area contributed by atoms with E-state index in [-0.39, 0.29) is 0 Å². The van der Waals surface area contributed by atoms with E-state index < -0.39 is 0 Å². The molecule has 0 aromatic rings. The van der Waals surface area contributed by atoms with Crippen LogP contribution in [0.2, 0.25) is 0 Å². The molecule has 1 aliphatic rings. The van der Waals surface area contributed by atoms with Gasteiger partial charge in [0, 0.05) is 6.04 Å². The van der Waals surface area contributed by atoms with Gasteiger partial charge in [-0.15, -0.1) is 0 Å². The van der Waals surface area contributed by atoms with Gasteiger partial charge in [-0.3, -0.25) is 0 Å². The van der Waals surface area contributed by atoms with E-state index in [0.717, 1.165) is 12.3 Å². The lowest BCUT2D eigenvalue weighted by atomic mass is 9.92. The Kier molecular flexibility index (Phi) is 6.00. The van der Waals surface area contributed by atoms with Crippen LogP contribution in [0.4, 0.5) is 0 Å². The van der Waals surface area contributed by atoms with E-state index in [4.69, 9.17) is 5.73 Å². The molecule has 0 aromatic heterocycles. The van der Waals surface area contributed by atoms with Crippen LogP contribution in [0, 0.1) is 5.92 Å². The Morgan fingerprint density at radius 2 is 2.07 bits per heavy atom. The standard InChI is InChI=1S/C14H27N/c1-12(2)7-6-10-14(15)11-13-8-4-3-5-9-13/h8,12,14H,3-7,9-11,15H2,1-2H3. The summed E-state index contributed by atoms with van der Waals surface area (Å²) in [5.74, 6) is 0.825. The lowest BCUT2D eigenvalue weighted by Crippen LogP contribution is -2.21. The van der Waals surface area contributed by atoms with E-state index in [1.807, 2.05) is 0 Å². The van der Waals surface area contributed by atoms with Gasteiger partial charge in [-0.1, -0.05) is 38.3 Å². The molecule has 0 heterocycles. The zero-order valence-corrected chi connectivity index (χ0v) is 10.5. The number of rotatable bonds is 6. The number of nitrogens with two attached hydrogens (primary N) is 1.